The van der Waals surface area contributed by atoms with E-state index < -0.39 is 54.0 Å². The van der Waals surface area contributed by atoms with Gasteiger partial charge < -0.3 is 42.0 Å². The van der Waals surface area contributed by atoms with Crippen LogP contribution in [0.25, 0.3) is 0 Å². The number of amides is 3. The molecule has 6 unspecified atom stereocenters. The maximum Gasteiger partial charge on any atom is 0.326 e. The maximum atomic E-state index is 13.2. The SMILES string of the molecule is CCC(C)C(NC(=O)C(N)Cc1ccc(O)cc1)C(=O)NC(C(=O)NC(Cc1cnc[nH]1)C(=O)O)C(C)O. The van der Waals surface area contributed by atoms with Gasteiger partial charge >= 0.3 is 5.97 Å². The van der Waals surface area contributed by atoms with Crippen LogP contribution < -0.4 is 21.7 Å². The van der Waals surface area contributed by atoms with Gasteiger partial charge in [-0.3, -0.25) is 14.4 Å². The molecule has 0 fully saturated rings. The predicted molar refractivity (Wildman–Crippen MR) is 137 cm³/mol. The highest BCUT2D eigenvalue weighted by Gasteiger charge is 2.34. The molecule has 0 aliphatic heterocycles. The van der Waals surface area contributed by atoms with Crippen molar-refractivity contribution in [2.75, 3.05) is 0 Å². The predicted octanol–water partition coefficient (Wildman–Crippen LogP) is -0.806. The van der Waals surface area contributed by atoms with Gasteiger partial charge in [0.1, 0.15) is 23.9 Å². The fourth-order valence-corrected chi connectivity index (χ4v) is 3.67. The molecule has 38 heavy (non-hydrogen) atoms. The summed E-state index contributed by atoms with van der Waals surface area (Å²) < 4.78 is 0. The summed E-state index contributed by atoms with van der Waals surface area (Å²) in [6.45, 7) is 4.83. The number of aromatic hydroxyl groups is 1. The number of phenolic OH excluding ortho intramolecular Hbond substituents is 1. The lowest BCUT2D eigenvalue weighted by atomic mass is 9.96. The Morgan fingerprint density at radius 1 is 0.974 bits per heavy atom. The van der Waals surface area contributed by atoms with Gasteiger partial charge in [-0.05, 0) is 37.0 Å². The Balaban J connectivity index is 2.09. The van der Waals surface area contributed by atoms with E-state index in [-0.39, 0.29) is 24.5 Å². The number of imidazole rings is 1. The molecule has 0 saturated heterocycles. The van der Waals surface area contributed by atoms with Crippen molar-refractivity contribution < 1.29 is 34.5 Å². The van der Waals surface area contributed by atoms with E-state index in [0.29, 0.717) is 17.7 Å². The number of carbonyl (C=O) groups is 4. The zero-order valence-electron chi connectivity index (χ0n) is 21.5. The quantitative estimate of drug-likeness (QED) is 0.152. The van der Waals surface area contributed by atoms with Gasteiger partial charge in [-0.15, -0.1) is 0 Å². The molecule has 6 atom stereocenters. The zero-order valence-corrected chi connectivity index (χ0v) is 21.5. The number of nitrogens with zero attached hydrogens (tertiary/aromatic N) is 1. The van der Waals surface area contributed by atoms with E-state index in [1.807, 2.05) is 6.92 Å². The van der Waals surface area contributed by atoms with Crippen molar-refractivity contribution in [2.45, 2.75) is 70.3 Å². The second kappa shape index (κ2) is 14.1. The Morgan fingerprint density at radius 2 is 1.58 bits per heavy atom. The average molecular weight is 533 g/mol. The molecule has 0 bridgehead atoms. The van der Waals surface area contributed by atoms with Gasteiger partial charge in [0, 0.05) is 18.3 Å². The summed E-state index contributed by atoms with van der Waals surface area (Å²) in [4.78, 5) is 57.1. The molecule has 1 aromatic heterocycles. The molecule has 208 valence electrons. The Kier molecular flexibility index (Phi) is 11.2. The normalized spacial score (nSPS) is 15.8. The van der Waals surface area contributed by atoms with Crippen LogP contribution in [0, 0.1) is 5.92 Å². The molecule has 2 rings (SSSR count). The molecule has 0 spiro atoms. The second-order valence-corrected chi connectivity index (χ2v) is 9.26. The first-order chi connectivity index (χ1) is 17.9. The van der Waals surface area contributed by atoms with Crippen molar-refractivity contribution in [1.82, 2.24) is 25.9 Å². The third-order valence-electron chi connectivity index (χ3n) is 6.18. The number of aromatic amines is 1. The molecule has 1 aromatic carbocycles. The number of aliphatic hydroxyl groups excluding tert-OH is 1. The maximum absolute atomic E-state index is 13.2. The fraction of sp³-hybridized carbons (Fsp3) is 0.480. The summed E-state index contributed by atoms with van der Waals surface area (Å²) in [5, 5.41) is 36.5. The molecule has 0 aliphatic carbocycles. The number of aromatic nitrogens is 2. The van der Waals surface area contributed by atoms with Gasteiger partial charge in [-0.25, -0.2) is 9.78 Å². The van der Waals surface area contributed by atoms with Crippen molar-refractivity contribution in [3.05, 3.63) is 48.0 Å². The number of H-pyrrole nitrogens is 1. The molecule has 9 N–H and O–H groups in total. The summed E-state index contributed by atoms with van der Waals surface area (Å²) in [7, 11) is 0. The zero-order chi connectivity index (χ0) is 28.4. The van der Waals surface area contributed by atoms with E-state index in [9.17, 15) is 34.5 Å². The highest BCUT2D eigenvalue weighted by atomic mass is 16.4. The summed E-state index contributed by atoms with van der Waals surface area (Å²) in [5.41, 5.74) is 7.22. The summed E-state index contributed by atoms with van der Waals surface area (Å²) in [6, 6.07) is 1.31. The number of benzene rings is 1. The first kappa shape index (κ1) is 30.3. The third kappa shape index (κ3) is 8.85. The average Bonchev–Trinajstić information content (AvgIpc) is 3.38. The lowest BCUT2D eigenvalue weighted by Crippen LogP contribution is -2.61. The molecule has 1 heterocycles. The standard InChI is InChI=1S/C25H36N6O7/c1-4-13(2)20(30-22(34)18(26)9-15-5-7-17(33)8-6-15)23(35)31-21(14(3)32)24(36)29-19(25(37)38)10-16-11-27-12-28-16/h5-8,11-14,18-21,32-33H,4,9-10,26H2,1-3H3,(H,27,28)(H,29,36)(H,30,34)(H,31,35)(H,37,38). The monoisotopic (exact) mass is 532 g/mol. The van der Waals surface area contributed by atoms with E-state index in [2.05, 4.69) is 25.9 Å². The molecule has 0 aliphatic rings. The number of aliphatic carboxylic acids is 1. The Bertz CT molecular complexity index is 1070. The molecule has 13 heteroatoms. The van der Waals surface area contributed by atoms with Crippen LogP contribution in [0.5, 0.6) is 5.75 Å². The summed E-state index contributed by atoms with van der Waals surface area (Å²) in [5.74, 6) is -3.82. The number of carboxylic acids is 1. The molecular weight excluding hydrogens is 496 g/mol. The van der Waals surface area contributed by atoms with E-state index in [0.717, 1.165) is 0 Å². The number of hydrogen-bond acceptors (Lipinski definition) is 8. The molecule has 0 radical (unpaired) electrons. The molecule has 13 nitrogen and oxygen atoms in total. The van der Waals surface area contributed by atoms with Crippen molar-refractivity contribution in [3.63, 3.8) is 0 Å². The smallest absolute Gasteiger partial charge is 0.326 e. The van der Waals surface area contributed by atoms with Crippen molar-refractivity contribution in [1.29, 1.82) is 0 Å². The number of aliphatic hydroxyl groups is 1. The molecule has 3 amide bonds. The van der Waals surface area contributed by atoms with Crippen LogP contribution in [-0.2, 0) is 32.0 Å². The number of nitrogens with one attached hydrogen (secondary N) is 4. The van der Waals surface area contributed by atoms with E-state index in [1.54, 1.807) is 19.1 Å². The highest BCUT2D eigenvalue weighted by Crippen LogP contribution is 2.13. The number of rotatable bonds is 14. The van der Waals surface area contributed by atoms with Crippen LogP contribution in [0.2, 0.25) is 0 Å². The van der Waals surface area contributed by atoms with Crippen LogP contribution in [-0.4, -0.2) is 79.2 Å². The molecule has 0 saturated carbocycles. The Hall–Kier alpha value is -3.97. The van der Waals surface area contributed by atoms with Crippen LogP contribution in [0.4, 0.5) is 0 Å². The van der Waals surface area contributed by atoms with Gasteiger partial charge in [-0.2, -0.15) is 0 Å². The number of nitrogens with two attached hydrogens (primary N) is 1. The minimum atomic E-state index is -1.49. The van der Waals surface area contributed by atoms with Gasteiger partial charge in [0.15, 0.2) is 0 Å². The molecular formula is C25H36N6O7. The lowest BCUT2D eigenvalue weighted by Gasteiger charge is -2.29. The lowest BCUT2D eigenvalue weighted by molar-refractivity contribution is -0.143. The highest BCUT2D eigenvalue weighted by molar-refractivity contribution is 5.94. The number of carbonyl (C=O) groups excluding carboxylic acids is 3. The van der Waals surface area contributed by atoms with Crippen LogP contribution >= 0.6 is 0 Å². The second-order valence-electron chi connectivity index (χ2n) is 9.26. The fourth-order valence-electron chi connectivity index (χ4n) is 3.67. The van der Waals surface area contributed by atoms with Gasteiger partial charge in [0.2, 0.25) is 17.7 Å². The topological polar surface area (TPSA) is 220 Å². The van der Waals surface area contributed by atoms with E-state index >= 15 is 0 Å². The van der Waals surface area contributed by atoms with Crippen molar-refractivity contribution in [2.24, 2.45) is 11.7 Å². The number of carboxylic acid groups (broad SMARTS) is 1. The summed E-state index contributed by atoms with van der Waals surface area (Å²) >= 11 is 0. The van der Waals surface area contributed by atoms with Gasteiger partial charge in [-0.1, -0.05) is 32.4 Å². The van der Waals surface area contributed by atoms with E-state index in [4.69, 9.17) is 5.73 Å². The minimum Gasteiger partial charge on any atom is -0.508 e. The van der Waals surface area contributed by atoms with Crippen molar-refractivity contribution in [3.8, 4) is 5.75 Å². The molecule has 2 aromatic rings. The summed E-state index contributed by atoms with van der Waals surface area (Å²) in [6.07, 6.45) is 1.99. The Morgan fingerprint density at radius 3 is 2.11 bits per heavy atom. The first-order valence-corrected chi connectivity index (χ1v) is 12.3. The third-order valence-corrected chi connectivity index (χ3v) is 6.18. The first-order valence-electron chi connectivity index (χ1n) is 12.3. The largest absolute Gasteiger partial charge is 0.508 e. The van der Waals surface area contributed by atoms with Gasteiger partial charge in [0.25, 0.3) is 0 Å². The van der Waals surface area contributed by atoms with Gasteiger partial charge in [0.05, 0.1) is 18.5 Å². The minimum absolute atomic E-state index is 0.0768. The van der Waals surface area contributed by atoms with Crippen LogP contribution in [0.3, 0.4) is 0 Å². The number of hydrogen-bond donors (Lipinski definition) is 8. The number of phenols is 1. The Labute approximate surface area is 220 Å². The van der Waals surface area contributed by atoms with Crippen LogP contribution in [0.15, 0.2) is 36.8 Å². The van der Waals surface area contributed by atoms with Crippen LogP contribution in [0.1, 0.15) is 38.4 Å². The van der Waals surface area contributed by atoms with Crippen molar-refractivity contribution >= 4 is 23.7 Å². The van der Waals surface area contributed by atoms with E-state index in [1.165, 1.54) is 31.6 Å².